The zero-order valence-electron chi connectivity index (χ0n) is 11.2. The molecule has 1 aromatic carbocycles. The number of carbonyl (C=O) groups is 2. The maximum Gasteiger partial charge on any atom is 0.337 e. The highest BCUT2D eigenvalue weighted by atomic mass is 16.6. The maximum atomic E-state index is 11.4. The largest absolute Gasteiger partial charge is 0.480 e. The fourth-order valence-electron chi connectivity index (χ4n) is 3.27. The number of nitro groups is 1. The number of benzene rings is 1. The van der Waals surface area contributed by atoms with Gasteiger partial charge in [0.15, 0.2) is 0 Å². The van der Waals surface area contributed by atoms with Crippen LogP contribution in [0.25, 0.3) is 0 Å². The van der Waals surface area contributed by atoms with Gasteiger partial charge in [0.05, 0.1) is 21.7 Å². The maximum absolute atomic E-state index is 11.4. The van der Waals surface area contributed by atoms with E-state index in [0.717, 1.165) is 12.1 Å². The lowest BCUT2D eigenvalue weighted by Gasteiger charge is -2.34. The fourth-order valence-corrected chi connectivity index (χ4v) is 3.27. The number of aliphatic carboxylic acids is 1. The van der Waals surface area contributed by atoms with Gasteiger partial charge in [0.2, 0.25) is 0 Å². The first-order chi connectivity index (χ1) is 10.4. The molecular weight excluding hydrogens is 292 g/mol. The van der Waals surface area contributed by atoms with Crippen molar-refractivity contribution in [2.24, 2.45) is 5.92 Å². The second kappa shape index (κ2) is 4.83. The molecule has 8 heteroatoms. The van der Waals surface area contributed by atoms with Crippen molar-refractivity contribution in [1.82, 2.24) is 0 Å². The summed E-state index contributed by atoms with van der Waals surface area (Å²) in [4.78, 5) is 33.5. The summed E-state index contributed by atoms with van der Waals surface area (Å²) in [7, 11) is 0. The van der Waals surface area contributed by atoms with Crippen molar-refractivity contribution in [3.05, 3.63) is 45.5 Å². The minimum Gasteiger partial charge on any atom is -0.480 e. The fraction of sp³-hybridized carbons (Fsp3) is 0.286. The number of rotatable bonds is 3. The van der Waals surface area contributed by atoms with Crippen LogP contribution in [0, 0.1) is 16.0 Å². The van der Waals surface area contributed by atoms with Crippen molar-refractivity contribution in [2.75, 3.05) is 5.32 Å². The highest BCUT2D eigenvalue weighted by molar-refractivity contribution is 5.98. The lowest BCUT2D eigenvalue weighted by Crippen LogP contribution is -2.42. The van der Waals surface area contributed by atoms with Crippen molar-refractivity contribution >= 4 is 23.3 Å². The Morgan fingerprint density at radius 1 is 1.32 bits per heavy atom. The molecule has 22 heavy (non-hydrogen) atoms. The molecule has 0 bridgehead atoms. The van der Waals surface area contributed by atoms with E-state index in [2.05, 4.69) is 5.32 Å². The van der Waals surface area contributed by atoms with E-state index in [0.29, 0.717) is 6.42 Å². The third kappa shape index (κ3) is 1.92. The summed E-state index contributed by atoms with van der Waals surface area (Å²) in [5.41, 5.74) is -0.0773. The number of aromatic carboxylic acids is 1. The average molecular weight is 304 g/mol. The summed E-state index contributed by atoms with van der Waals surface area (Å²) < 4.78 is 0. The summed E-state index contributed by atoms with van der Waals surface area (Å²) in [6.45, 7) is 0. The molecule has 2 aliphatic rings. The average Bonchev–Trinajstić information content (AvgIpc) is 2.93. The summed E-state index contributed by atoms with van der Waals surface area (Å²) in [5, 5.41) is 32.5. The first-order valence-corrected chi connectivity index (χ1v) is 6.62. The van der Waals surface area contributed by atoms with Crippen LogP contribution < -0.4 is 5.32 Å². The quantitative estimate of drug-likeness (QED) is 0.441. The summed E-state index contributed by atoms with van der Waals surface area (Å²) >= 11 is 0. The first-order valence-electron chi connectivity index (χ1n) is 6.62. The molecule has 1 aliphatic carbocycles. The Bertz CT molecular complexity index is 726. The Kier molecular flexibility index (Phi) is 3.09. The van der Waals surface area contributed by atoms with E-state index in [4.69, 9.17) is 0 Å². The number of nitro benzene ring substituents is 1. The lowest BCUT2D eigenvalue weighted by molar-refractivity contribution is -0.385. The molecule has 0 unspecified atom stereocenters. The Balaban J connectivity index is 2.27. The minimum atomic E-state index is -1.26. The molecule has 8 nitrogen and oxygen atoms in total. The molecule has 114 valence electrons. The van der Waals surface area contributed by atoms with Crippen LogP contribution >= 0.6 is 0 Å². The highest BCUT2D eigenvalue weighted by Gasteiger charge is 2.45. The van der Waals surface area contributed by atoms with Crippen LogP contribution in [0.1, 0.15) is 28.3 Å². The van der Waals surface area contributed by atoms with Crippen molar-refractivity contribution in [1.29, 1.82) is 0 Å². The summed E-state index contributed by atoms with van der Waals surface area (Å²) in [5.74, 6) is -3.21. The van der Waals surface area contributed by atoms with E-state index in [1.54, 1.807) is 12.2 Å². The van der Waals surface area contributed by atoms with Crippen molar-refractivity contribution in [3.8, 4) is 0 Å². The number of fused-ring (bicyclic) bond motifs is 3. The Morgan fingerprint density at radius 2 is 2.05 bits per heavy atom. The van der Waals surface area contributed by atoms with Gasteiger partial charge in [-0.25, -0.2) is 9.59 Å². The summed E-state index contributed by atoms with van der Waals surface area (Å²) in [6, 6.07) is 1.31. The molecule has 0 saturated carbocycles. The van der Waals surface area contributed by atoms with Crippen LogP contribution in [0.5, 0.6) is 0 Å². The van der Waals surface area contributed by atoms with Crippen molar-refractivity contribution in [3.63, 3.8) is 0 Å². The standard InChI is InChI=1S/C14H12N2O6/c17-13(18)8-4-5-9(16(21)22)10-6-2-1-3-7(6)12(14(19)20)15-11(8)10/h1-2,4-7,12,15H,3H2,(H,17,18)(H,19,20)/t6-,7+,12+/m0/s1. The molecule has 0 aromatic heterocycles. The molecule has 0 amide bonds. The molecule has 3 N–H and O–H groups in total. The number of nitrogens with one attached hydrogen (secondary N) is 1. The second-order valence-corrected chi connectivity index (χ2v) is 5.30. The topological polar surface area (TPSA) is 130 Å². The molecule has 1 heterocycles. The highest BCUT2D eigenvalue weighted by Crippen LogP contribution is 2.49. The van der Waals surface area contributed by atoms with Gasteiger partial charge in [0.1, 0.15) is 6.04 Å². The number of carboxylic acid groups (broad SMARTS) is 2. The number of anilines is 1. The lowest BCUT2D eigenvalue weighted by atomic mass is 9.77. The van der Waals surface area contributed by atoms with E-state index in [1.165, 1.54) is 0 Å². The van der Waals surface area contributed by atoms with Gasteiger partial charge in [-0.1, -0.05) is 12.2 Å². The van der Waals surface area contributed by atoms with Crippen LogP contribution in [0.4, 0.5) is 11.4 Å². The predicted molar refractivity (Wildman–Crippen MR) is 75.1 cm³/mol. The first kappa shape index (κ1) is 14.1. The molecule has 3 rings (SSSR count). The van der Waals surface area contributed by atoms with Gasteiger partial charge in [0.25, 0.3) is 5.69 Å². The smallest absolute Gasteiger partial charge is 0.337 e. The van der Waals surface area contributed by atoms with E-state index >= 15 is 0 Å². The van der Waals surface area contributed by atoms with E-state index in [9.17, 15) is 29.9 Å². The predicted octanol–water partition coefficient (Wildman–Crippen LogP) is 1.83. The third-order valence-electron chi connectivity index (χ3n) is 4.19. The molecule has 0 spiro atoms. The third-order valence-corrected chi connectivity index (χ3v) is 4.19. The van der Waals surface area contributed by atoms with Gasteiger partial charge in [-0.3, -0.25) is 10.1 Å². The van der Waals surface area contributed by atoms with E-state index in [-0.39, 0.29) is 28.4 Å². The van der Waals surface area contributed by atoms with Gasteiger partial charge in [-0.2, -0.15) is 0 Å². The Labute approximate surface area is 124 Å². The van der Waals surface area contributed by atoms with Crippen LogP contribution in [0.15, 0.2) is 24.3 Å². The number of carboxylic acids is 2. The van der Waals surface area contributed by atoms with Crippen LogP contribution in [0.2, 0.25) is 0 Å². The molecule has 3 atom stereocenters. The van der Waals surface area contributed by atoms with Gasteiger partial charge in [0, 0.05) is 17.9 Å². The SMILES string of the molecule is O=C(O)c1ccc([N+](=O)[O-])c2c1N[C@@H](C(=O)O)[C@@H]1CC=C[C@H]21. The minimum absolute atomic E-state index is 0.0295. The molecule has 0 radical (unpaired) electrons. The van der Waals surface area contributed by atoms with Gasteiger partial charge >= 0.3 is 11.9 Å². The Morgan fingerprint density at radius 3 is 2.64 bits per heavy atom. The van der Waals surface area contributed by atoms with E-state index < -0.39 is 28.8 Å². The number of nitrogens with zero attached hydrogens (tertiary/aromatic N) is 1. The second-order valence-electron chi connectivity index (χ2n) is 5.30. The zero-order valence-corrected chi connectivity index (χ0v) is 11.2. The molecular formula is C14H12N2O6. The van der Waals surface area contributed by atoms with Gasteiger partial charge in [-0.15, -0.1) is 0 Å². The monoisotopic (exact) mass is 304 g/mol. The number of allylic oxidation sites excluding steroid dienone is 2. The van der Waals surface area contributed by atoms with E-state index in [1.807, 2.05) is 0 Å². The van der Waals surface area contributed by atoms with Crippen LogP contribution in [-0.2, 0) is 4.79 Å². The van der Waals surface area contributed by atoms with Gasteiger partial charge in [-0.05, 0) is 12.5 Å². The molecule has 0 fully saturated rings. The normalized spacial score (nSPS) is 25.0. The molecule has 1 aromatic rings. The molecule has 1 aliphatic heterocycles. The summed E-state index contributed by atoms with van der Waals surface area (Å²) in [6.07, 6.45) is 3.97. The number of hydrogen-bond donors (Lipinski definition) is 3. The van der Waals surface area contributed by atoms with Crippen molar-refractivity contribution in [2.45, 2.75) is 18.4 Å². The van der Waals surface area contributed by atoms with Crippen LogP contribution in [-0.4, -0.2) is 33.1 Å². The van der Waals surface area contributed by atoms with Crippen molar-refractivity contribution < 1.29 is 24.7 Å². The molecule has 0 saturated heterocycles. The number of hydrogen-bond acceptors (Lipinski definition) is 5. The van der Waals surface area contributed by atoms with Gasteiger partial charge < -0.3 is 15.5 Å². The Hall–Kier alpha value is -2.90. The van der Waals surface area contributed by atoms with Crippen LogP contribution in [0.3, 0.4) is 0 Å². The zero-order chi connectivity index (χ0) is 16.0.